The minimum atomic E-state index is -5.08. The van der Waals surface area contributed by atoms with E-state index in [9.17, 15) is 18.0 Å². The van der Waals surface area contributed by atoms with E-state index < -0.39 is 12.1 Å². The van der Waals surface area contributed by atoms with Gasteiger partial charge in [0, 0.05) is 32.1 Å². The van der Waals surface area contributed by atoms with Gasteiger partial charge >= 0.3 is 18.1 Å². The summed E-state index contributed by atoms with van der Waals surface area (Å²) in [4.78, 5) is 24.1. The Labute approximate surface area is 139 Å². The standard InChI is InChI=1S/C13H22N2O2.C2HF3O2/c1-3-13(16)17-11-7-5-4-6-8-15-10-9-14(2)12-15;3-2(4,5)1(6)7/h3,9-10H,1,4-8,11-12H2,2H3;(H,6,7). The van der Waals surface area contributed by atoms with Gasteiger partial charge in [-0.25, -0.2) is 9.59 Å². The summed E-state index contributed by atoms with van der Waals surface area (Å²) in [5.41, 5.74) is 0. The minimum absolute atomic E-state index is 0.324. The van der Waals surface area contributed by atoms with E-state index in [0.29, 0.717) is 6.61 Å². The zero-order chi connectivity index (χ0) is 18.6. The number of unbranched alkanes of at least 4 members (excludes halogenated alkanes) is 3. The lowest BCUT2D eigenvalue weighted by molar-refractivity contribution is -0.192. The smallest absolute Gasteiger partial charge is 0.475 e. The molecule has 138 valence electrons. The average molecular weight is 352 g/mol. The van der Waals surface area contributed by atoms with E-state index in [4.69, 9.17) is 14.6 Å². The lowest BCUT2D eigenvalue weighted by Gasteiger charge is -2.17. The molecule has 0 aromatic carbocycles. The van der Waals surface area contributed by atoms with Crippen LogP contribution >= 0.6 is 0 Å². The van der Waals surface area contributed by atoms with Crippen LogP contribution in [0.2, 0.25) is 0 Å². The summed E-state index contributed by atoms with van der Waals surface area (Å²) in [6, 6.07) is 0. The molecule has 0 radical (unpaired) electrons. The summed E-state index contributed by atoms with van der Waals surface area (Å²) < 4.78 is 36.6. The van der Waals surface area contributed by atoms with Gasteiger partial charge < -0.3 is 19.6 Å². The molecular weight excluding hydrogens is 329 g/mol. The quantitative estimate of drug-likeness (QED) is 0.411. The third kappa shape index (κ3) is 11.4. The van der Waals surface area contributed by atoms with Crippen molar-refractivity contribution in [1.29, 1.82) is 0 Å². The second kappa shape index (κ2) is 11.4. The van der Waals surface area contributed by atoms with Crippen molar-refractivity contribution in [2.75, 3.05) is 26.9 Å². The molecule has 0 fully saturated rings. The van der Waals surface area contributed by atoms with Crippen molar-refractivity contribution in [2.24, 2.45) is 0 Å². The zero-order valence-electron chi connectivity index (χ0n) is 13.6. The molecule has 1 N–H and O–H groups in total. The van der Waals surface area contributed by atoms with Crippen LogP contribution in [0, 0.1) is 0 Å². The molecule has 0 saturated carbocycles. The summed E-state index contributed by atoms with van der Waals surface area (Å²) in [5.74, 6) is -3.08. The summed E-state index contributed by atoms with van der Waals surface area (Å²) >= 11 is 0. The molecule has 0 aromatic rings. The molecule has 0 saturated heterocycles. The first-order valence-electron chi connectivity index (χ1n) is 7.38. The van der Waals surface area contributed by atoms with Crippen molar-refractivity contribution in [3.05, 3.63) is 25.1 Å². The van der Waals surface area contributed by atoms with Gasteiger partial charge in [0.2, 0.25) is 0 Å². The lowest BCUT2D eigenvalue weighted by Crippen LogP contribution is -2.23. The molecule has 6 nitrogen and oxygen atoms in total. The number of nitrogens with zero attached hydrogens (tertiary/aromatic N) is 2. The summed E-state index contributed by atoms with van der Waals surface area (Å²) in [7, 11) is 2.07. The number of rotatable bonds is 8. The second-order valence-corrected chi connectivity index (χ2v) is 5.10. The van der Waals surface area contributed by atoms with Crippen LogP contribution in [0.4, 0.5) is 13.2 Å². The van der Waals surface area contributed by atoms with E-state index >= 15 is 0 Å². The highest BCUT2D eigenvalue weighted by Gasteiger charge is 2.38. The third-order valence-electron chi connectivity index (χ3n) is 2.93. The van der Waals surface area contributed by atoms with Crippen molar-refractivity contribution < 1.29 is 32.6 Å². The largest absolute Gasteiger partial charge is 0.490 e. The molecule has 1 rings (SSSR count). The first-order chi connectivity index (χ1) is 11.2. The van der Waals surface area contributed by atoms with E-state index in [-0.39, 0.29) is 5.97 Å². The van der Waals surface area contributed by atoms with Crippen LogP contribution in [-0.2, 0) is 14.3 Å². The average Bonchev–Trinajstić information content (AvgIpc) is 2.91. The highest BCUT2D eigenvalue weighted by Crippen LogP contribution is 2.13. The van der Waals surface area contributed by atoms with Gasteiger partial charge in [0.25, 0.3) is 0 Å². The Balaban J connectivity index is 0.000000640. The predicted molar refractivity (Wildman–Crippen MR) is 81.8 cm³/mol. The Kier molecular flexibility index (Phi) is 10.3. The highest BCUT2D eigenvalue weighted by atomic mass is 19.4. The van der Waals surface area contributed by atoms with Gasteiger partial charge in [-0.05, 0) is 19.3 Å². The van der Waals surface area contributed by atoms with E-state index in [1.54, 1.807) is 0 Å². The number of esters is 1. The van der Waals surface area contributed by atoms with Crippen molar-refractivity contribution in [1.82, 2.24) is 9.80 Å². The first kappa shape index (κ1) is 21.8. The number of hydrogen-bond donors (Lipinski definition) is 1. The fourth-order valence-corrected chi connectivity index (χ4v) is 1.74. The molecular formula is C15H23F3N2O4. The molecule has 9 heteroatoms. The summed E-state index contributed by atoms with van der Waals surface area (Å²) in [6.45, 7) is 5.96. The predicted octanol–water partition coefficient (Wildman–Crippen LogP) is 2.59. The maximum absolute atomic E-state index is 10.7. The number of carboxylic acids is 1. The number of carbonyl (C=O) groups excluding carboxylic acids is 1. The van der Waals surface area contributed by atoms with E-state index in [2.05, 4.69) is 35.8 Å². The van der Waals surface area contributed by atoms with Crippen LogP contribution < -0.4 is 0 Å². The Morgan fingerprint density at radius 1 is 1.25 bits per heavy atom. The van der Waals surface area contributed by atoms with Gasteiger partial charge in [-0.2, -0.15) is 13.2 Å². The fraction of sp³-hybridized carbons (Fsp3) is 0.600. The lowest BCUT2D eigenvalue weighted by atomic mass is 10.2. The van der Waals surface area contributed by atoms with Crippen LogP contribution in [0.15, 0.2) is 25.1 Å². The summed E-state index contributed by atoms with van der Waals surface area (Å²) in [5, 5.41) is 7.12. The van der Waals surface area contributed by atoms with Crippen LogP contribution in [0.5, 0.6) is 0 Å². The third-order valence-corrected chi connectivity index (χ3v) is 2.93. The molecule has 0 amide bonds. The van der Waals surface area contributed by atoms with E-state index in [1.165, 1.54) is 18.9 Å². The molecule has 1 aliphatic heterocycles. The maximum Gasteiger partial charge on any atom is 0.490 e. The number of hydrogen-bond acceptors (Lipinski definition) is 5. The van der Waals surface area contributed by atoms with Gasteiger partial charge in [-0.1, -0.05) is 13.0 Å². The number of halogens is 3. The Morgan fingerprint density at radius 3 is 2.29 bits per heavy atom. The Bertz CT molecular complexity index is 439. The number of carbonyl (C=O) groups is 2. The van der Waals surface area contributed by atoms with Crippen LogP contribution in [0.3, 0.4) is 0 Å². The van der Waals surface area contributed by atoms with Gasteiger partial charge in [-0.3, -0.25) is 0 Å². The Morgan fingerprint density at radius 2 is 1.83 bits per heavy atom. The minimum Gasteiger partial charge on any atom is -0.475 e. The first-order valence-corrected chi connectivity index (χ1v) is 7.38. The van der Waals surface area contributed by atoms with Crippen molar-refractivity contribution in [2.45, 2.75) is 31.9 Å². The van der Waals surface area contributed by atoms with Crippen LogP contribution in [0.1, 0.15) is 25.7 Å². The molecule has 0 spiro atoms. The summed E-state index contributed by atoms with van der Waals surface area (Å²) in [6.07, 6.45) is 4.76. The van der Waals surface area contributed by atoms with E-state index in [0.717, 1.165) is 26.1 Å². The molecule has 0 atom stereocenters. The molecule has 1 aliphatic rings. The van der Waals surface area contributed by atoms with Crippen molar-refractivity contribution in [3.8, 4) is 0 Å². The highest BCUT2D eigenvalue weighted by molar-refractivity contribution is 5.81. The number of ether oxygens (including phenoxy) is 1. The SMILES string of the molecule is C=CC(=O)OCCCCCCN1C=CN(C)C1.O=C(O)C(F)(F)F. The zero-order valence-corrected chi connectivity index (χ0v) is 13.6. The molecule has 0 bridgehead atoms. The molecule has 24 heavy (non-hydrogen) atoms. The maximum atomic E-state index is 10.7. The fourth-order valence-electron chi connectivity index (χ4n) is 1.74. The van der Waals surface area contributed by atoms with Gasteiger partial charge in [0.05, 0.1) is 13.3 Å². The molecule has 1 heterocycles. The van der Waals surface area contributed by atoms with Crippen LogP contribution in [0.25, 0.3) is 0 Å². The number of carboxylic acid groups (broad SMARTS) is 1. The monoisotopic (exact) mass is 352 g/mol. The topological polar surface area (TPSA) is 70.1 Å². The van der Waals surface area contributed by atoms with E-state index in [1.807, 2.05) is 0 Å². The van der Waals surface area contributed by atoms with Crippen molar-refractivity contribution >= 4 is 11.9 Å². The van der Waals surface area contributed by atoms with Crippen LogP contribution in [-0.4, -0.2) is 59.9 Å². The molecule has 0 aromatic heterocycles. The Hall–Kier alpha value is -2.19. The van der Waals surface area contributed by atoms with Crippen molar-refractivity contribution in [3.63, 3.8) is 0 Å². The normalized spacial score (nSPS) is 13.3. The number of aliphatic carboxylic acids is 1. The van der Waals surface area contributed by atoms with Gasteiger partial charge in [-0.15, -0.1) is 0 Å². The second-order valence-electron chi connectivity index (χ2n) is 5.10. The number of alkyl halides is 3. The van der Waals surface area contributed by atoms with Gasteiger partial charge in [0.15, 0.2) is 0 Å². The molecule has 0 aliphatic carbocycles. The molecule has 0 unspecified atom stereocenters. The van der Waals surface area contributed by atoms with Gasteiger partial charge in [0.1, 0.15) is 0 Å².